The monoisotopic (exact) mass is 693 g/mol. The molecule has 0 aliphatic carbocycles. The first-order chi connectivity index (χ1) is 19.7. The predicted octanol–water partition coefficient (Wildman–Crippen LogP) is 7.37. The molecule has 0 saturated carbocycles. The molecule has 3 amide bonds. The number of amides is 3. The Balaban J connectivity index is 1.20. The molecule has 3 aromatic rings. The standard InChI is InChI=1S/C29H23BrCl3N3O4S/c30-21-12-19(14-24(33)27(21)40-17-18-6-7-22(31)23(32)13-18)15-25-28(38)36(29(39)41-25)16-26(37)35-10-8-34(9-11-35)20-4-2-1-3-5-20/h1-7,12-15H,8-11,16-17H2/b25-15+. The molecule has 5 rings (SSSR count). The van der Waals surface area contributed by atoms with E-state index in [4.69, 9.17) is 39.5 Å². The minimum absolute atomic E-state index is 0.211. The largest absolute Gasteiger partial charge is 0.486 e. The minimum Gasteiger partial charge on any atom is -0.486 e. The van der Waals surface area contributed by atoms with Crippen molar-refractivity contribution in [1.82, 2.24) is 9.80 Å². The van der Waals surface area contributed by atoms with Gasteiger partial charge in [-0.05, 0) is 81.3 Å². The Morgan fingerprint density at radius 2 is 1.66 bits per heavy atom. The number of ether oxygens (including phenoxy) is 1. The SMILES string of the molecule is O=C(CN1C(=O)S/C(=C/c2cc(Cl)c(OCc3ccc(Cl)c(Cl)c3)c(Br)c2)C1=O)N1CCN(c2ccccc2)CC1. The average molecular weight is 696 g/mol. The van der Waals surface area contributed by atoms with Gasteiger partial charge in [-0.3, -0.25) is 19.3 Å². The Labute approximate surface area is 265 Å². The lowest BCUT2D eigenvalue weighted by molar-refractivity contribution is -0.136. The molecule has 2 saturated heterocycles. The van der Waals surface area contributed by atoms with E-state index in [-0.39, 0.29) is 24.0 Å². The van der Waals surface area contributed by atoms with Gasteiger partial charge in [0, 0.05) is 31.9 Å². The van der Waals surface area contributed by atoms with Crippen molar-refractivity contribution in [3.05, 3.63) is 96.2 Å². The molecule has 7 nitrogen and oxygen atoms in total. The number of para-hydroxylation sites is 1. The highest BCUT2D eigenvalue weighted by Crippen LogP contribution is 2.38. The number of carbonyl (C=O) groups excluding carboxylic acids is 3. The Hall–Kier alpha value is -2.69. The summed E-state index contributed by atoms with van der Waals surface area (Å²) in [6.07, 6.45) is 1.58. The second-order valence-electron chi connectivity index (χ2n) is 9.32. The zero-order valence-electron chi connectivity index (χ0n) is 21.5. The Kier molecular flexibility index (Phi) is 9.51. The fourth-order valence-electron chi connectivity index (χ4n) is 4.46. The maximum absolute atomic E-state index is 13.1. The Morgan fingerprint density at radius 3 is 2.34 bits per heavy atom. The number of anilines is 1. The lowest BCUT2D eigenvalue weighted by atomic mass is 10.2. The van der Waals surface area contributed by atoms with E-state index in [1.54, 1.807) is 41.3 Å². The summed E-state index contributed by atoms with van der Waals surface area (Å²) in [5.74, 6) is -0.347. The number of nitrogens with zero attached hydrogens (tertiary/aromatic N) is 3. The van der Waals surface area contributed by atoms with Gasteiger partial charge in [-0.1, -0.05) is 59.1 Å². The van der Waals surface area contributed by atoms with E-state index in [0.29, 0.717) is 57.0 Å². The van der Waals surface area contributed by atoms with Crippen molar-refractivity contribution in [1.29, 1.82) is 0 Å². The van der Waals surface area contributed by atoms with Gasteiger partial charge >= 0.3 is 0 Å². The molecule has 2 heterocycles. The quantitative estimate of drug-likeness (QED) is 0.241. The maximum atomic E-state index is 13.1. The number of thioether (sulfide) groups is 1. The molecule has 0 unspecified atom stereocenters. The molecule has 2 fully saturated rings. The first kappa shape index (κ1) is 29.8. The third-order valence-corrected chi connectivity index (χ3v) is 9.12. The Morgan fingerprint density at radius 1 is 0.927 bits per heavy atom. The van der Waals surface area contributed by atoms with Crippen LogP contribution in [0.4, 0.5) is 10.5 Å². The van der Waals surface area contributed by atoms with Gasteiger partial charge in [0.05, 0.1) is 24.4 Å². The normalized spacial score (nSPS) is 16.6. The molecule has 0 radical (unpaired) electrons. The van der Waals surface area contributed by atoms with Crippen LogP contribution in [0.5, 0.6) is 5.75 Å². The molecule has 0 bridgehead atoms. The number of carbonyl (C=O) groups is 3. The highest BCUT2D eigenvalue weighted by atomic mass is 79.9. The van der Waals surface area contributed by atoms with Crippen molar-refractivity contribution >= 4 is 91.3 Å². The molecule has 12 heteroatoms. The summed E-state index contributed by atoms with van der Waals surface area (Å²) in [7, 11) is 0. The van der Waals surface area contributed by atoms with Crippen LogP contribution in [0, 0.1) is 0 Å². The first-order valence-corrected chi connectivity index (χ1v) is 15.3. The lowest BCUT2D eigenvalue weighted by Gasteiger charge is -2.36. The molecule has 0 aromatic heterocycles. The summed E-state index contributed by atoms with van der Waals surface area (Å²) in [6, 6.07) is 18.6. The molecule has 0 spiro atoms. The van der Waals surface area contributed by atoms with Gasteiger partial charge in [-0.2, -0.15) is 0 Å². The molecule has 2 aliphatic rings. The summed E-state index contributed by atoms with van der Waals surface area (Å²) in [4.78, 5) is 43.8. The number of benzene rings is 3. The van der Waals surface area contributed by atoms with Gasteiger partial charge in [-0.15, -0.1) is 0 Å². The molecular formula is C29H23BrCl3N3O4S. The van der Waals surface area contributed by atoms with Crippen LogP contribution in [-0.2, 0) is 16.2 Å². The summed E-state index contributed by atoms with van der Waals surface area (Å²) in [5, 5.41) is 0.711. The first-order valence-electron chi connectivity index (χ1n) is 12.6. The van der Waals surface area contributed by atoms with Crippen LogP contribution in [-0.4, -0.2) is 59.6 Å². The third-order valence-electron chi connectivity index (χ3n) is 6.61. The number of piperazine rings is 1. The number of halogens is 4. The molecular weight excluding hydrogens is 673 g/mol. The van der Waals surface area contributed by atoms with Gasteiger partial charge in [0.1, 0.15) is 13.2 Å². The van der Waals surface area contributed by atoms with E-state index >= 15 is 0 Å². The van der Waals surface area contributed by atoms with E-state index in [9.17, 15) is 14.4 Å². The Bertz CT molecular complexity index is 1510. The van der Waals surface area contributed by atoms with E-state index in [1.807, 2.05) is 30.3 Å². The average Bonchev–Trinajstić information content (AvgIpc) is 3.22. The summed E-state index contributed by atoms with van der Waals surface area (Å²) < 4.78 is 6.45. The molecule has 41 heavy (non-hydrogen) atoms. The van der Waals surface area contributed by atoms with Crippen LogP contribution in [0.1, 0.15) is 11.1 Å². The van der Waals surface area contributed by atoms with Crippen molar-refractivity contribution < 1.29 is 19.1 Å². The predicted molar refractivity (Wildman–Crippen MR) is 168 cm³/mol. The minimum atomic E-state index is -0.511. The number of imide groups is 1. The topological polar surface area (TPSA) is 70.2 Å². The molecule has 0 atom stereocenters. The second kappa shape index (κ2) is 13.1. The van der Waals surface area contributed by atoms with Crippen molar-refractivity contribution in [2.24, 2.45) is 0 Å². The van der Waals surface area contributed by atoms with E-state index in [0.717, 1.165) is 27.9 Å². The van der Waals surface area contributed by atoms with Crippen LogP contribution in [0.15, 0.2) is 70.0 Å². The van der Waals surface area contributed by atoms with Crippen molar-refractivity contribution in [3.8, 4) is 5.75 Å². The summed E-state index contributed by atoms with van der Waals surface area (Å²) >= 11 is 22.8. The van der Waals surface area contributed by atoms with Gasteiger partial charge < -0.3 is 14.5 Å². The van der Waals surface area contributed by atoms with Crippen LogP contribution in [0.2, 0.25) is 15.1 Å². The molecule has 3 aromatic carbocycles. The number of hydrogen-bond acceptors (Lipinski definition) is 6. The smallest absolute Gasteiger partial charge is 0.294 e. The summed E-state index contributed by atoms with van der Waals surface area (Å²) in [5.41, 5.74) is 2.51. The van der Waals surface area contributed by atoms with Crippen LogP contribution < -0.4 is 9.64 Å². The van der Waals surface area contributed by atoms with Gasteiger partial charge in [-0.25, -0.2) is 0 Å². The molecule has 212 valence electrons. The number of hydrogen-bond donors (Lipinski definition) is 0. The van der Waals surface area contributed by atoms with Crippen LogP contribution in [0.3, 0.4) is 0 Å². The highest BCUT2D eigenvalue weighted by molar-refractivity contribution is 9.10. The van der Waals surface area contributed by atoms with Crippen molar-refractivity contribution in [2.45, 2.75) is 6.61 Å². The maximum Gasteiger partial charge on any atom is 0.294 e. The highest BCUT2D eigenvalue weighted by Gasteiger charge is 2.37. The van der Waals surface area contributed by atoms with E-state index < -0.39 is 11.1 Å². The zero-order valence-corrected chi connectivity index (χ0v) is 26.2. The zero-order chi connectivity index (χ0) is 29.1. The van der Waals surface area contributed by atoms with Crippen molar-refractivity contribution in [2.75, 3.05) is 37.6 Å². The van der Waals surface area contributed by atoms with E-state index in [1.165, 1.54) is 0 Å². The second-order valence-corrected chi connectivity index (χ2v) is 12.4. The number of rotatable bonds is 7. The van der Waals surface area contributed by atoms with Crippen LogP contribution >= 0.6 is 62.5 Å². The lowest BCUT2D eigenvalue weighted by Crippen LogP contribution is -2.51. The van der Waals surface area contributed by atoms with Gasteiger partial charge in [0.25, 0.3) is 11.1 Å². The third kappa shape index (κ3) is 7.04. The molecule has 0 N–H and O–H groups in total. The van der Waals surface area contributed by atoms with Crippen molar-refractivity contribution in [3.63, 3.8) is 0 Å². The van der Waals surface area contributed by atoms with Gasteiger partial charge in [0.15, 0.2) is 5.75 Å². The summed E-state index contributed by atoms with van der Waals surface area (Å²) in [6.45, 7) is 2.32. The van der Waals surface area contributed by atoms with Gasteiger partial charge in [0.2, 0.25) is 5.91 Å². The molecule has 2 aliphatic heterocycles. The van der Waals surface area contributed by atoms with Crippen LogP contribution in [0.25, 0.3) is 6.08 Å². The fraction of sp³-hybridized carbons (Fsp3) is 0.207. The van der Waals surface area contributed by atoms with E-state index in [2.05, 4.69) is 20.8 Å². The fourth-order valence-corrected chi connectivity index (χ4v) is 6.61.